The number of carbonyl (C=O) groups excluding carboxylic acids is 3. The molecule has 1 aliphatic rings. The fourth-order valence-corrected chi connectivity index (χ4v) is 4.97. The summed E-state index contributed by atoms with van der Waals surface area (Å²) in [6.07, 6.45) is 8.66. The molecule has 0 radical (unpaired) electrons. The smallest absolute Gasteiger partial charge is 0.253 e. The van der Waals surface area contributed by atoms with E-state index in [1.807, 2.05) is 11.8 Å². The number of amides is 3. The highest BCUT2D eigenvalue weighted by molar-refractivity contribution is 5.99. The summed E-state index contributed by atoms with van der Waals surface area (Å²) < 4.78 is 0. The number of rotatable bonds is 18. The van der Waals surface area contributed by atoms with E-state index in [0.29, 0.717) is 49.0 Å². The fourth-order valence-electron chi connectivity index (χ4n) is 4.97. The van der Waals surface area contributed by atoms with Crippen LogP contribution in [0.4, 0.5) is 0 Å². The van der Waals surface area contributed by atoms with Crippen molar-refractivity contribution in [1.29, 1.82) is 0 Å². The Morgan fingerprint density at radius 3 is 2.24 bits per heavy atom. The second-order valence-electron chi connectivity index (χ2n) is 11.2. The van der Waals surface area contributed by atoms with E-state index in [1.54, 1.807) is 24.3 Å². The van der Waals surface area contributed by atoms with Crippen molar-refractivity contribution in [2.24, 2.45) is 23.5 Å². The van der Waals surface area contributed by atoms with Crippen LogP contribution in [-0.2, 0) is 4.79 Å². The molecule has 1 aliphatic carbocycles. The van der Waals surface area contributed by atoms with Crippen LogP contribution < -0.4 is 16.4 Å². The van der Waals surface area contributed by atoms with Gasteiger partial charge in [-0.15, -0.1) is 0 Å². The van der Waals surface area contributed by atoms with Gasteiger partial charge in [0.15, 0.2) is 0 Å². The fraction of sp³-hybridized carbons (Fsp3) is 0.710. The molecule has 2 rings (SSSR count). The molecular weight excluding hydrogens is 476 g/mol. The van der Waals surface area contributed by atoms with Crippen LogP contribution in [0, 0.1) is 17.8 Å². The van der Waals surface area contributed by atoms with Crippen LogP contribution in [-0.4, -0.2) is 54.3 Å². The molecule has 0 unspecified atom stereocenters. The zero-order valence-electron chi connectivity index (χ0n) is 24.4. The van der Waals surface area contributed by atoms with Gasteiger partial charge in [0.2, 0.25) is 5.91 Å². The van der Waals surface area contributed by atoms with E-state index in [0.717, 1.165) is 38.5 Å². The number of hydrogen-bond acceptors (Lipinski definition) is 4. The topological polar surface area (TPSA) is 105 Å². The Morgan fingerprint density at radius 1 is 1.03 bits per heavy atom. The van der Waals surface area contributed by atoms with E-state index in [2.05, 4.69) is 38.3 Å². The molecule has 7 nitrogen and oxygen atoms in total. The average molecular weight is 529 g/mol. The first-order valence-corrected chi connectivity index (χ1v) is 15.0. The SMILES string of the molecule is CCCN(CCC)C(=O)c1cccc(C(=O)N[C@@H](CCC2CC2)[C@@H](N)C[C@@H](C)C(=O)NCC(CC)CC)c1. The van der Waals surface area contributed by atoms with Crippen LogP contribution in [0.5, 0.6) is 0 Å². The molecule has 0 bridgehead atoms. The second-order valence-corrected chi connectivity index (χ2v) is 11.2. The molecule has 0 saturated heterocycles. The van der Waals surface area contributed by atoms with E-state index >= 15 is 0 Å². The van der Waals surface area contributed by atoms with E-state index in [4.69, 9.17) is 5.73 Å². The van der Waals surface area contributed by atoms with Gasteiger partial charge in [-0.3, -0.25) is 14.4 Å². The van der Waals surface area contributed by atoms with Crippen molar-refractivity contribution in [3.8, 4) is 0 Å². The highest BCUT2D eigenvalue weighted by atomic mass is 16.2. The van der Waals surface area contributed by atoms with Gasteiger partial charge in [-0.05, 0) is 62.1 Å². The third-order valence-corrected chi connectivity index (χ3v) is 7.86. The van der Waals surface area contributed by atoms with Gasteiger partial charge in [-0.2, -0.15) is 0 Å². The Morgan fingerprint density at radius 2 is 1.66 bits per heavy atom. The minimum absolute atomic E-state index is 0.0227. The zero-order valence-corrected chi connectivity index (χ0v) is 24.4. The number of carbonyl (C=O) groups is 3. The van der Waals surface area contributed by atoms with Crippen molar-refractivity contribution in [3.63, 3.8) is 0 Å². The summed E-state index contributed by atoms with van der Waals surface area (Å²) in [4.78, 5) is 40.9. The third-order valence-electron chi connectivity index (χ3n) is 7.86. The highest BCUT2D eigenvalue weighted by Crippen LogP contribution is 2.34. The maximum atomic E-state index is 13.3. The lowest BCUT2D eigenvalue weighted by molar-refractivity contribution is -0.125. The Hall–Kier alpha value is -2.41. The molecular formula is C31H52N4O3. The lowest BCUT2D eigenvalue weighted by Gasteiger charge is -2.27. The predicted molar refractivity (Wildman–Crippen MR) is 155 cm³/mol. The molecule has 0 heterocycles. The Bertz CT molecular complexity index is 876. The summed E-state index contributed by atoms with van der Waals surface area (Å²) in [5, 5.41) is 6.24. The van der Waals surface area contributed by atoms with Gasteiger partial charge in [-0.1, -0.05) is 66.4 Å². The molecule has 1 aromatic rings. The van der Waals surface area contributed by atoms with Crippen LogP contribution >= 0.6 is 0 Å². The van der Waals surface area contributed by atoms with Crippen LogP contribution in [0.3, 0.4) is 0 Å². The first-order valence-electron chi connectivity index (χ1n) is 15.0. The molecule has 38 heavy (non-hydrogen) atoms. The number of nitrogens with zero attached hydrogens (tertiary/aromatic N) is 1. The standard InChI is InChI=1S/C31H52N4O3/c1-6-17-35(18-7-2)31(38)26-12-10-11-25(20-26)30(37)34-28(16-15-24-13-14-24)27(32)19-22(5)29(36)33-21-23(8-3)9-4/h10-12,20,22-24,27-28H,6-9,13-19,21,32H2,1-5H3,(H,33,36)(H,34,37)/t22-,27+,28+/m1/s1. The van der Waals surface area contributed by atoms with Gasteiger partial charge in [0.1, 0.15) is 0 Å². The normalized spacial score (nSPS) is 15.6. The monoisotopic (exact) mass is 528 g/mol. The van der Waals surface area contributed by atoms with Crippen molar-refractivity contribution in [2.45, 2.75) is 104 Å². The quantitative estimate of drug-likeness (QED) is 0.245. The molecule has 1 fully saturated rings. The third kappa shape index (κ3) is 10.4. The first kappa shape index (κ1) is 31.8. The number of nitrogens with one attached hydrogen (secondary N) is 2. The maximum Gasteiger partial charge on any atom is 0.253 e. The van der Waals surface area contributed by atoms with Gasteiger partial charge in [0, 0.05) is 48.8 Å². The van der Waals surface area contributed by atoms with E-state index in [1.165, 1.54) is 12.8 Å². The molecule has 1 aromatic carbocycles. The predicted octanol–water partition coefficient (Wildman–Crippen LogP) is 5.14. The molecule has 4 N–H and O–H groups in total. The van der Waals surface area contributed by atoms with Crippen molar-refractivity contribution >= 4 is 17.7 Å². The molecule has 0 spiro atoms. The van der Waals surface area contributed by atoms with Crippen molar-refractivity contribution < 1.29 is 14.4 Å². The summed E-state index contributed by atoms with van der Waals surface area (Å²) >= 11 is 0. The van der Waals surface area contributed by atoms with Gasteiger partial charge >= 0.3 is 0 Å². The van der Waals surface area contributed by atoms with Gasteiger partial charge < -0.3 is 21.3 Å². The van der Waals surface area contributed by atoms with Crippen LogP contribution in [0.25, 0.3) is 0 Å². The van der Waals surface area contributed by atoms with Gasteiger partial charge in [0.05, 0.1) is 0 Å². The molecule has 0 aliphatic heterocycles. The molecule has 214 valence electrons. The molecule has 0 aromatic heterocycles. The highest BCUT2D eigenvalue weighted by Gasteiger charge is 2.29. The second kappa shape index (κ2) is 16.5. The molecule has 3 amide bonds. The molecule has 1 saturated carbocycles. The molecule has 7 heteroatoms. The van der Waals surface area contributed by atoms with Gasteiger partial charge in [0.25, 0.3) is 11.8 Å². The van der Waals surface area contributed by atoms with Crippen molar-refractivity contribution in [3.05, 3.63) is 35.4 Å². The largest absolute Gasteiger partial charge is 0.356 e. The summed E-state index contributed by atoms with van der Waals surface area (Å²) in [6, 6.07) is 6.41. The minimum atomic E-state index is -0.332. The lowest BCUT2D eigenvalue weighted by Crippen LogP contribution is -2.49. The number of hydrogen-bond donors (Lipinski definition) is 3. The average Bonchev–Trinajstić information content (AvgIpc) is 3.75. The summed E-state index contributed by atoms with van der Waals surface area (Å²) in [7, 11) is 0. The van der Waals surface area contributed by atoms with E-state index in [-0.39, 0.29) is 35.7 Å². The number of benzene rings is 1. The maximum absolute atomic E-state index is 13.3. The Kier molecular flexibility index (Phi) is 13.8. The summed E-state index contributed by atoms with van der Waals surface area (Å²) in [5.74, 6) is 0.728. The van der Waals surface area contributed by atoms with E-state index < -0.39 is 0 Å². The number of nitrogens with two attached hydrogens (primary N) is 1. The zero-order chi connectivity index (χ0) is 28.1. The Labute approximate surface area is 230 Å². The Balaban J connectivity index is 2.06. The molecule has 3 atom stereocenters. The summed E-state index contributed by atoms with van der Waals surface area (Å²) in [5.41, 5.74) is 7.62. The van der Waals surface area contributed by atoms with Gasteiger partial charge in [-0.25, -0.2) is 0 Å². The summed E-state index contributed by atoms with van der Waals surface area (Å²) in [6.45, 7) is 12.4. The van der Waals surface area contributed by atoms with Crippen molar-refractivity contribution in [1.82, 2.24) is 15.5 Å². The van der Waals surface area contributed by atoms with Crippen molar-refractivity contribution in [2.75, 3.05) is 19.6 Å². The van der Waals surface area contributed by atoms with E-state index in [9.17, 15) is 14.4 Å². The van der Waals surface area contributed by atoms with Crippen LogP contribution in [0.2, 0.25) is 0 Å². The van der Waals surface area contributed by atoms with Crippen LogP contribution in [0.15, 0.2) is 24.3 Å². The lowest BCUT2D eigenvalue weighted by atomic mass is 9.92. The van der Waals surface area contributed by atoms with Crippen LogP contribution in [0.1, 0.15) is 113 Å². The first-order chi connectivity index (χ1) is 18.2. The minimum Gasteiger partial charge on any atom is -0.356 e.